The van der Waals surface area contributed by atoms with Crippen LogP contribution in [0.2, 0.25) is 0 Å². The maximum absolute atomic E-state index is 12.7. The third-order valence-electron chi connectivity index (χ3n) is 4.18. The highest BCUT2D eigenvalue weighted by atomic mass is 16.5. The quantitative estimate of drug-likeness (QED) is 0.510. The Morgan fingerprint density at radius 1 is 0.808 bits per heavy atom. The first-order valence-electron chi connectivity index (χ1n) is 8.34. The van der Waals surface area contributed by atoms with E-state index in [1.165, 1.54) is 0 Å². The lowest BCUT2D eigenvalue weighted by Crippen LogP contribution is -2.15. The normalized spacial score (nSPS) is 11.8. The smallest absolute Gasteiger partial charge is 0.339 e. The maximum atomic E-state index is 12.7. The number of rotatable bonds is 4. The SMILES string of the molecule is O=C(O[C@@H](c1ccccc1)c1nncc2ccccc12)c1ccccc1. The molecule has 0 N–H and O–H groups in total. The molecule has 0 saturated carbocycles. The minimum atomic E-state index is -0.637. The van der Waals surface area contributed by atoms with Crippen LogP contribution < -0.4 is 0 Å². The van der Waals surface area contributed by atoms with Crippen molar-refractivity contribution >= 4 is 16.7 Å². The minimum Gasteiger partial charge on any atom is -0.447 e. The van der Waals surface area contributed by atoms with E-state index in [1.54, 1.807) is 18.3 Å². The third kappa shape index (κ3) is 3.17. The van der Waals surface area contributed by atoms with Gasteiger partial charge >= 0.3 is 5.97 Å². The molecule has 0 bridgehead atoms. The first-order chi connectivity index (χ1) is 12.8. The van der Waals surface area contributed by atoms with Crippen LogP contribution in [-0.4, -0.2) is 16.2 Å². The molecule has 0 saturated heterocycles. The number of hydrogen-bond acceptors (Lipinski definition) is 4. The molecule has 1 heterocycles. The van der Waals surface area contributed by atoms with Gasteiger partial charge in [0.15, 0.2) is 6.10 Å². The second kappa shape index (κ2) is 7.15. The van der Waals surface area contributed by atoms with Gasteiger partial charge in [-0.25, -0.2) is 4.79 Å². The molecule has 0 aliphatic heterocycles. The van der Waals surface area contributed by atoms with Gasteiger partial charge in [0.2, 0.25) is 0 Å². The minimum absolute atomic E-state index is 0.394. The summed E-state index contributed by atoms with van der Waals surface area (Å²) in [5.74, 6) is -0.394. The van der Waals surface area contributed by atoms with Crippen molar-refractivity contribution in [3.05, 3.63) is 108 Å². The van der Waals surface area contributed by atoms with Crippen molar-refractivity contribution in [1.29, 1.82) is 0 Å². The second-order valence-electron chi connectivity index (χ2n) is 5.88. The fraction of sp³-hybridized carbons (Fsp3) is 0.0455. The number of benzene rings is 3. The summed E-state index contributed by atoms with van der Waals surface area (Å²) in [4.78, 5) is 12.7. The summed E-state index contributed by atoms with van der Waals surface area (Å²) in [5, 5.41) is 10.3. The Labute approximate surface area is 151 Å². The molecule has 0 aliphatic carbocycles. The van der Waals surface area contributed by atoms with Crippen LogP contribution in [0.15, 0.2) is 91.1 Å². The van der Waals surface area contributed by atoms with E-state index < -0.39 is 12.1 Å². The number of hydrogen-bond donors (Lipinski definition) is 0. The number of carbonyl (C=O) groups excluding carboxylic acids is 1. The highest BCUT2D eigenvalue weighted by Crippen LogP contribution is 2.30. The van der Waals surface area contributed by atoms with Crippen LogP contribution >= 0.6 is 0 Å². The summed E-state index contributed by atoms with van der Waals surface area (Å²) in [6.07, 6.45) is 1.07. The van der Waals surface area contributed by atoms with Crippen LogP contribution in [0.5, 0.6) is 0 Å². The highest BCUT2D eigenvalue weighted by Gasteiger charge is 2.23. The average Bonchev–Trinajstić information content (AvgIpc) is 2.73. The molecule has 126 valence electrons. The van der Waals surface area contributed by atoms with E-state index in [2.05, 4.69) is 10.2 Å². The highest BCUT2D eigenvalue weighted by molar-refractivity contribution is 5.90. The van der Waals surface area contributed by atoms with Gasteiger partial charge in [0.1, 0.15) is 5.69 Å². The zero-order chi connectivity index (χ0) is 17.8. The molecule has 0 unspecified atom stereocenters. The van der Waals surface area contributed by atoms with E-state index in [1.807, 2.05) is 72.8 Å². The van der Waals surface area contributed by atoms with Gasteiger partial charge in [-0.15, -0.1) is 0 Å². The molecule has 0 spiro atoms. The standard InChI is InChI=1S/C22H16N2O2/c25-22(17-11-5-2-6-12-17)26-21(16-9-3-1-4-10-16)20-19-14-8-7-13-18(19)15-23-24-20/h1-15,21H/t21-/m0/s1. The van der Waals surface area contributed by atoms with Gasteiger partial charge in [-0.05, 0) is 17.7 Å². The molecule has 4 rings (SSSR count). The Balaban J connectivity index is 1.80. The summed E-state index contributed by atoms with van der Waals surface area (Å²) in [6.45, 7) is 0. The average molecular weight is 340 g/mol. The molecule has 3 aromatic carbocycles. The monoisotopic (exact) mass is 340 g/mol. The fourth-order valence-electron chi connectivity index (χ4n) is 2.90. The van der Waals surface area contributed by atoms with Gasteiger partial charge in [-0.1, -0.05) is 72.8 Å². The van der Waals surface area contributed by atoms with Gasteiger partial charge in [0.05, 0.1) is 11.8 Å². The van der Waals surface area contributed by atoms with Crippen molar-refractivity contribution < 1.29 is 9.53 Å². The van der Waals surface area contributed by atoms with E-state index in [0.717, 1.165) is 16.3 Å². The van der Waals surface area contributed by atoms with Gasteiger partial charge in [-0.3, -0.25) is 0 Å². The topological polar surface area (TPSA) is 52.1 Å². The first kappa shape index (κ1) is 16.0. The second-order valence-corrected chi connectivity index (χ2v) is 5.88. The third-order valence-corrected chi connectivity index (χ3v) is 4.18. The first-order valence-corrected chi connectivity index (χ1v) is 8.34. The van der Waals surface area contributed by atoms with Crippen LogP contribution in [0, 0.1) is 0 Å². The molecule has 1 aromatic heterocycles. The van der Waals surface area contributed by atoms with Gasteiger partial charge < -0.3 is 4.74 Å². The Bertz CT molecular complexity index is 1030. The van der Waals surface area contributed by atoms with E-state index in [0.29, 0.717) is 11.3 Å². The zero-order valence-electron chi connectivity index (χ0n) is 13.9. The van der Waals surface area contributed by atoms with Gasteiger partial charge in [-0.2, -0.15) is 10.2 Å². The molecule has 4 aromatic rings. The lowest BCUT2D eigenvalue weighted by atomic mass is 10.0. The molecule has 0 radical (unpaired) electrons. The number of ether oxygens (including phenoxy) is 1. The van der Waals surface area contributed by atoms with Crippen molar-refractivity contribution in [3.8, 4) is 0 Å². The number of carbonyl (C=O) groups is 1. The lowest BCUT2D eigenvalue weighted by molar-refractivity contribution is 0.0372. The molecule has 26 heavy (non-hydrogen) atoms. The Hall–Kier alpha value is -3.53. The van der Waals surface area contributed by atoms with Crippen molar-refractivity contribution in [2.45, 2.75) is 6.10 Å². The van der Waals surface area contributed by atoms with Crippen LogP contribution in [0.1, 0.15) is 27.7 Å². The van der Waals surface area contributed by atoms with E-state index in [-0.39, 0.29) is 0 Å². The number of fused-ring (bicyclic) bond motifs is 1. The van der Waals surface area contributed by atoms with Gasteiger partial charge in [0, 0.05) is 10.8 Å². The molecule has 1 atom stereocenters. The van der Waals surface area contributed by atoms with Crippen molar-refractivity contribution in [1.82, 2.24) is 10.2 Å². The molecule has 0 aliphatic rings. The predicted molar refractivity (Wildman–Crippen MR) is 99.7 cm³/mol. The summed E-state index contributed by atoms with van der Waals surface area (Å²) in [7, 11) is 0. The molecule has 4 heteroatoms. The predicted octanol–water partition coefficient (Wildman–Crippen LogP) is 4.58. The van der Waals surface area contributed by atoms with Crippen LogP contribution in [0.3, 0.4) is 0 Å². The van der Waals surface area contributed by atoms with Crippen molar-refractivity contribution in [2.75, 3.05) is 0 Å². The molecular weight excluding hydrogens is 324 g/mol. The van der Waals surface area contributed by atoms with Crippen LogP contribution in [0.25, 0.3) is 10.8 Å². The van der Waals surface area contributed by atoms with E-state index in [4.69, 9.17) is 4.74 Å². The summed E-state index contributed by atoms with van der Waals surface area (Å²) < 4.78 is 5.88. The van der Waals surface area contributed by atoms with Gasteiger partial charge in [0.25, 0.3) is 0 Å². The molecule has 0 amide bonds. The van der Waals surface area contributed by atoms with Crippen LogP contribution in [-0.2, 0) is 4.74 Å². The largest absolute Gasteiger partial charge is 0.447 e. The molecular formula is C22H16N2O2. The summed E-state index contributed by atoms with van der Waals surface area (Å²) in [6, 6.07) is 26.4. The van der Waals surface area contributed by atoms with E-state index in [9.17, 15) is 4.79 Å². The summed E-state index contributed by atoms with van der Waals surface area (Å²) >= 11 is 0. The number of esters is 1. The van der Waals surface area contributed by atoms with Crippen molar-refractivity contribution in [2.24, 2.45) is 0 Å². The van der Waals surface area contributed by atoms with Crippen LogP contribution in [0.4, 0.5) is 0 Å². The molecule has 0 fully saturated rings. The molecule has 4 nitrogen and oxygen atoms in total. The fourth-order valence-corrected chi connectivity index (χ4v) is 2.90. The Morgan fingerprint density at radius 2 is 1.46 bits per heavy atom. The lowest BCUT2D eigenvalue weighted by Gasteiger charge is -2.19. The van der Waals surface area contributed by atoms with E-state index >= 15 is 0 Å². The Morgan fingerprint density at radius 3 is 2.23 bits per heavy atom. The number of aromatic nitrogens is 2. The van der Waals surface area contributed by atoms with Crippen molar-refractivity contribution in [3.63, 3.8) is 0 Å². The number of nitrogens with zero attached hydrogens (tertiary/aromatic N) is 2. The maximum Gasteiger partial charge on any atom is 0.339 e. The Kier molecular flexibility index (Phi) is 4.39. The summed E-state index contributed by atoms with van der Waals surface area (Å²) in [5.41, 5.74) is 1.97. The zero-order valence-corrected chi connectivity index (χ0v) is 13.9.